The predicted octanol–water partition coefficient (Wildman–Crippen LogP) is 2.77. The van der Waals surface area contributed by atoms with Crippen LogP contribution in [0.25, 0.3) is 10.9 Å². The molecule has 0 unspecified atom stereocenters. The summed E-state index contributed by atoms with van der Waals surface area (Å²) in [5.41, 5.74) is 1.09. The van der Waals surface area contributed by atoms with E-state index >= 15 is 0 Å². The van der Waals surface area contributed by atoms with E-state index in [0.29, 0.717) is 25.9 Å². The molecule has 1 amide bonds. The van der Waals surface area contributed by atoms with Gasteiger partial charge in [0.25, 0.3) is 0 Å². The fraction of sp³-hybridized carbons (Fsp3) is 0.333. The molecule has 0 atom stereocenters. The van der Waals surface area contributed by atoms with Gasteiger partial charge in [-0.25, -0.2) is 0 Å². The molecule has 0 aliphatic carbocycles. The van der Waals surface area contributed by atoms with Gasteiger partial charge in [-0.05, 0) is 24.6 Å². The van der Waals surface area contributed by atoms with Gasteiger partial charge in [0.2, 0.25) is 5.91 Å². The van der Waals surface area contributed by atoms with E-state index in [1.165, 1.54) is 0 Å². The first-order valence-corrected chi connectivity index (χ1v) is 7.59. The van der Waals surface area contributed by atoms with Crippen LogP contribution in [-0.4, -0.2) is 28.1 Å². The molecular formula is C15H17BrN2O3. The Kier molecular flexibility index (Phi) is 5.38. The van der Waals surface area contributed by atoms with Crippen molar-refractivity contribution in [3.05, 3.63) is 34.9 Å². The fourth-order valence-corrected chi connectivity index (χ4v) is 2.65. The molecule has 1 aromatic carbocycles. The number of halogens is 1. The summed E-state index contributed by atoms with van der Waals surface area (Å²) in [6.07, 6.45) is 2.88. The standard InChI is InChI=1S/C15H17BrN2O3/c16-12-3-1-4-13-11(12)6-9-18(13)10-7-14(19)17-8-2-5-15(20)21/h1,3-4,6,9H,2,5,7-8,10H2,(H,17,19)(H,20,21). The molecule has 0 saturated heterocycles. The summed E-state index contributed by atoms with van der Waals surface area (Å²) in [7, 11) is 0. The van der Waals surface area contributed by atoms with Crippen molar-refractivity contribution in [2.75, 3.05) is 6.54 Å². The molecule has 0 aliphatic rings. The van der Waals surface area contributed by atoms with E-state index in [1.807, 2.05) is 35.0 Å². The van der Waals surface area contributed by atoms with E-state index < -0.39 is 5.97 Å². The number of fused-ring (bicyclic) bond motifs is 1. The highest BCUT2D eigenvalue weighted by Crippen LogP contribution is 2.24. The summed E-state index contributed by atoms with van der Waals surface area (Å²) >= 11 is 3.50. The quantitative estimate of drug-likeness (QED) is 0.752. The molecule has 0 spiro atoms. The van der Waals surface area contributed by atoms with Gasteiger partial charge in [0.15, 0.2) is 0 Å². The number of benzene rings is 1. The van der Waals surface area contributed by atoms with Gasteiger partial charge in [-0.15, -0.1) is 0 Å². The molecule has 2 N–H and O–H groups in total. The van der Waals surface area contributed by atoms with E-state index in [0.717, 1.165) is 15.4 Å². The number of nitrogens with one attached hydrogen (secondary N) is 1. The van der Waals surface area contributed by atoms with Crippen molar-refractivity contribution in [1.29, 1.82) is 0 Å². The van der Waals surface area contributed by atoms with Gasteiger partial charge in [-0.2, -0.15) is 0 Å². The summed E-state index contributed by atoms with van der Waals surface area (Å²) in [5, 5.41) is 12.4. The molecule has 2 aromatic rings. The van der Waals surface area contributed by atoms with Crippen molar-refractivity contribution in [3.8, 4) is 0 Å². The summed E-state index contributed by atoms with van der Waals surface area (Å²) in [6.45, 7) is 1.01. The Labute approximate surface area is 131 Å². The third-order valence-electron chi connectivity index (χ3n) is 3.23. The van der Waals surface area contributed by atoms with E-state index in [2.05, 4.69) is 21.2 Å². The zero-order chi connectivity index (χ0) is 15.2. The first-order chi connectivity index (χ1) is 10.1. The van der Waals surface area contributed by atoms with E-state index in [4.69, 9.17) is 5.11 Å². The SMILES string of the molecule is O=C(O)CCCNC(=O)CCn1ccc2c(Br)cccc21. The maximum absolute atomic E-state index is 11.7. The molecular weight excluding hydrogens is 336 g/mol. The number of carbonyl (C=O) groups is 2. The number of aromatic nitrogens is 1. The molecule has 0 radical (unpaired) electrons. The summed E-state index contributed by atoms with van der Waals surface area (Å²) < 4.78 is 3.08. The van der Waals surface area contributed by atoms with E-state index in [9.17, 15) is 9.59 Å². The van der Waals surface area contributed by atoms with Gasteiger partial charge in [0, 0.05) is 47.5 Å². The highest BCUT2D eigenvalue weighted by atomic mass is 79.9. The molecule has 0 saturated carbocycles. The monoisotopic (exact) mass is 352 g/mol. The zero-order valence-corrected chi connectivity index (χ0v) is 13.1. The third kappa shape index (κ3) is 4.32. The molecule has 0 bridgehead atoms. The highest BCUT2D eigenvalue weighted by molar-refractivity contribution is 9.10. The first kappa shape index (κ1) is 15.6. The van der Waals surface area contributed by atoms with Crippen molar-refractivity contribution in [1.82, 2.24) is 9.88 Å². The molecule has 0 fully saturated rings. The number of hydrogen-bond acceptors (Lipinski definition) is 2. The van der Waals surface area contributed by atoms with Gasteiger partial charge in [0.05, 0.1) is 0 Å². The molecule has 5 nitrogen and oxygen atoms in total. The fourth-order valence-electron chi connectivity index (χ4n) is 2.16. The number of amides is 1. The Hall–Kier alpha value is -1.82. The van der Waals surface area contributed by atoms with E-state index in [1.54, 1.807) is 0 Å². The van der Waals surface area contributed by atoms with Crippen LogP contribution < -0.4 is 5.32 Å². The second kappa shape index (κ2) is 7.26. The molecule has 112 valence electrons. The topological polar surface area (TPSA) is 71.3 Å². The Morgan fingerprint density at radius 2 is 2.05 bits per heavy atom. The van der Waals surface area contributed by atoms with Crippen LogP contribution in [0.1, 0.15) is 19.3 Å². The van der Waals surface area contributed by atoms with Crippen LogP contribution in [0.3, 0.4) is 0 Å². The number of carbonyl (C=O) groups excluding carboxylic acids is 1. The van der Waals surface area contributed by atoms with E-state index in [-0.39, 0.29) is 12.3 Å². The normalized spacial score (nSPS) is 10.7. The molecule has 21 heavy (non-hydrogen) atoms. The maximum Gasteiger partial charge on any atom is 0.303 e. The van der Waals surface area contributed by atoms with Crippen molar-refractivity contribution < 1.29 is 14.7 Å². The van der Waals surface area contributed by atoms with Crippen molar-refractivity contribution in [3.63, 3.8) is 0 Å². The summed E-state index contributed by atoms with van der Waals surface area (Å²) in [6, 6.07) is 7.99. The Balaban J connectivity index is 1.83. The van der Waals surface area contributed by atoms with Crippen LogP contribution in [0, 0.1) is 0 Å². The summed E-state index contributed by atoms with van der Waals surface area (Å²) in [4.78, 5) is 22.1. The molecule has 1 aromatic heterocycles. The minimum atomic E-state index is -0.839. The average molecular weight is 353 g/mol. The van der Waals surface area contributed by atoms with Crippen LogP contribution in [0.5, 0.6) is 0 Å². The lowest BCUT2D eigenvalue weighted by atomic mass is 10.2. The van der Waals surface area contributed by atoms with Gasteiger partial charge in [0.1, 0.15) is 0 Å². The van der Waals surface area contributed by atoms with Crippen LogP contribution >= 0.6 is 15.9 Å². The zero-order valence-electron chi connectivity index (χ0n) is 11.5. The van der Waals surface area contributed by atoms with Crippen LogP contribution in [-0.2, 0) is 16.1 Å². The first-order valence-electron chi connectivity index (χ1n) is 6.80. The number of nitrogens with zero attached hydrogens (tertiary/aromatic N) is 1. The van der Waals surface area contributed by atoms with Gasteiger partial charge >= 0.3 is 5.97 Å². The number of aryl methyl sites for hydroxylation is 1. The number of hydrogen-bond donors (Lipinski definition) is 2. The molecule has 1 heterocycles. The Morgan fingerprint density at radius 3 is 2.81 bits per heavy atom. The van der Waals surface area contributed by atoms with Gasteiger partial charge < -0.3 is 15.0 Å². The van der Waals surface area contributed by atoms with Crippen molar-refractivity contribution in [2.24, 2.45) is 0 Å². The van der Waals surface area contributed by atoms with Crippen LogP contribution in [0.15, 0.2) is 34.9 Å². The largest absolute Gasteiger partial charge is 0.481 e. The highest BCUT2D eigenvalue weighted by Gasteiger charge is 2.06. The van der Waals surface area contributed by atoms with Crippen molar-refractivity contribution >= 4 is 38.7 Å². The lowest BCUT2D eigenvalue weighted by Crippen LogP contribution is -2.25. The van der Waals surface area contributed by atoms with Crippen LogP contribution in [0.4, 0.5) is 0 Å². The Morgan fingerprint density at radius 1 is 1.24 bits per heavy atom. The number of carboxylic acids is 1. The lowest BCUT2D eigenvalue weighted by Gasteiger charge is -2.07. The molecule has 2 rings (SSSR count). The van der Waals surface area contributed by atoms with Crippen molar-refractivity contribution in [2.45, 2.75) is 25.8 Å². The predicted molar refractivity (Wildman–Crippen MR) is 84.1 cm³/mol. The van der Waals surface area contributed by atoms with Gasteiger partial charge in [-0.3, -0.25) is 9.59 Å². The number of rotatable bonds is 7. The maximum atomic E-state index is 11.7. The molecule has 0 aliphatic heterocycles. The third-order valence-corrected chi connectivity index (χ3v) is 3.92. The smallest absolute Gasteiger partial charge is 0.303 e. The minimum Gasteiger partial charge on any atom is -0.481 e. The molecule has 6 heteroatoms. The van der Waals surface area contributed by atoms with Crippen LogP contribution in [0.2, 0.25) is 0 Å². The number of carboxylic acid groups (broad SMARTS) is 1. The lowest BCUT2D eigenvalue weighted by molar-refractivity contribution is -0.137. The van der Waals surface area contributed by atoms with Gasteiger partial charge in [-0.1, -0.05) is 22.0 Å². The summed E-state index contributed by atoms with van der Waals surface area (Å²) in [5.74, 6) is -0.897. The Bertz CT molecular complexity index is 651. The second-order valence-corrected chi connectivity index (χ2v) is 5.63. The second-order valence-electron chi connectivity index (χ2n) is 4.78. The minimum absolute atomic E-state index is 0.0581. The average Bonchev–Trinajstić information content (AvgIpc) is 2.86. The number of aliphatic carboxylic acids is 1.